The first-order valence-electron chi connectivity index (χ1n) is 5.35. The molecule has 2 aromatic carbocycles. The largest absolute Gasteiger partial charge is 0.288 e. The lowest BCUT2D eigenvalue weighted by Crippen LogP contribution is -2.06. The number of carbonyl (C=O) groups is 1. The summed E-state index contributed by atoms with van der Waals surface area (Å²) < 4.78 is 27.1. The second-order valence-electron chi connectivity index (χ2n) is 4.06. The van der Waals surface area contributed by atoms with Crippen molar-refractivity contribution in [1.29, 1.82) is 0 Å². The average molecular weight is 346 g/mol. The Labute approximate surface area is 122 Å². The summed E-state index contributed by atoms with van der Waals surface area (Å²) in [6.07, 6.45) is 0. The molecule has 0 aromatic heterocycles. The molecule has 98 valence electrons. The summed E-state index contributed by atoms with van der Waals surface area (Å²) in [7, 11) is 0. The monoisotopic (exact) mass is 344 g/mol. The molecular weight excluding hydrogens is 338 g/mol. The van der Waals surface area contributed by atoms with Crippen LogP contribution in [0, 0.1) is 18.6 Å². The van der Waals surface area contributed by atoms with E-state index in [0.29, 0.717) is 0 Å². The van der Waals surface area contributed by atoms with Crippen LogP contribution in [0.3, 0.4) is 0 Å². The molecule has 0 aliphatic carbocycles. The van der Waals surface area contributed by atoms with Crippen LogP contribution in [-0.2, 0) is 0 Å². The van der Waals surface area contributed by atoms with Gasteiger partial charge in [-0.25, -0.2) is 8.78 Å². The number of hydrogen-bond acceptors (Lipinski definition) is 1. The Morgan fingerprint density at radius 3 is 2.42 bits per heavy atom. The van der Waals surface area contributed by atoms with E-state index in [0.717, 1.165) is 17.7 Å². The van der Waals surface area contributed by atoms with Gasteiger partial charge in [0.25, 0.3) is 0 Å². The highest BCUT2D eigenvalue weighted by Gasteiger charge is 2.19. The van der Waals surface area contributed by atoms with Gasteiger partial charge >= 0.3 is 0 Å². The molecule has 0 aliphatic heterocycles. The van der Waals surface area contributed by atoms with E-state index < -0.39 is 17.4 Å². The van der Waals surface area contributed by atoms with Gasteiger partial charge in [-0.05, 0) is 52.7 Å². The van der Waals surface area contributed by atoms with Gasteiger partial charge < -0.3 is 0 Å². The van der Waals surface area contributed by atoms with Crippen LogP contribution in [0.5, 0.6) is 0 Å². The topological polar surface area (TPSA) is 17.1 Å². The second kappa shape index (κ2) is 5.39. The van der Waals surface area contributed by atoms with Crippen molar-refractivity contribution in [1.82, 2.24) is 0 Å². The van der Waals surface area contributed by atoms with E-state index in [1.54, 1.807) is 12.1 Å². The third-order valence-corrected chi connectivity index (χ3v) is 3.54. The number of halogens is 4. The summed E-state index contributed by atoms with van der Waals surface area (Å²) in [6, 6.07) is 6.57. The van der Waals surface area contributed by atoms with Crippen molar-refractivity contribution >= 4 is 33.3 Å². The maximum Gasteiger partial charge on any atom is 0.197 e. The zero-order valence-corrected chi connectivity index (χ0v) is 12.1. The molecule has 0 saturated heterocycles. The summed E-state index contributed by atoms with van der Waals surface area (Å²) in [4.78, 5) is 12.2. The second-order valence-corrected chi connectivity index (χ2v) is 5.32. The molecule has 2 aromatic rings. The van der Waals surface area contributed by atoms with Crippen LogP contribution in [0.1, 0.15) is 21.5 Å². The Morgan fingerprint density at radius 2 is 1.79 bits per heavy atom. The third-order valence-electron chi connectivity index (χ3n) is 2.62. The normalized spacial score (nSPS) is 10.6. The molecule has 19 heavy (non-hydrogen) atoms. The van der Waals surface area contributed by atoms with Crippen LogP contribution in [0.2, 0.25) is 5.02 Å². The quantitative estimate of drug-likeness (QED) is 0.558. The molecule has 0 atom stereocenters. The predicted octanol–water partition coefficient (Wildman–Crippen LogP) is 4.92. The molecule has 0 radical (unpaired) electrons. The highest BCUT2D eigenvalue weighted by molar-refractivity contribution is 9.10. The maximum absolute atomic E-state index is 13.7. The average Bonchev–Trinajstić information content (AvgIpc) is 2.33. The van der Waals surface area contributed by atoms with Crippen molar-refractivity contribution in [3.63, 3.8) is 0 Å². The van der Waals surface area contributed by atoms with Crippen LogP contribution in [-0.4, -0.2) is 5.78 Å². The van der Waals surface area contributed by atoms with Crippen molar-refractivity contribution < 1.29 is 13.6 Å². The Hall–Kier alpha value is -1.26. The summed E-state index contributed by atoms with van der Waals surface area (Å²) in [5.74, 6) is -2.14. The van der Waals surface area contributed by atoms with Gasteiger partial charge in [0.1, 0.15) is 11.6 Å². The molecule has 0 fully saturated rings. The summed E-state index contributed by atoms with van der Waals surface area (Å²) >= 11 is 8.81. The van der Waals surface area contributed by atoms with Gasteiger partial charge in [0, 0.05) is 5.56 Å². The van der Waals surface area contributed by atoms with Crippen molar-refractivity contribution in [3.8, 4) is 0 Å². The summed E-state index contributed by atoms with van der Waals surface area (Å²) in [5, 5.41) is 0.215. The van der Waals surface area contributed by atoms with Crippen molar-refractivity contribution in [2.45, 2.75) is 6.92 Å². The molecule has 0 unspecified atom stereocenters. The standard InChI is InChI=1S/C14H8BrClF2O/c1-7-2-3-8(11(16)4-7)14(19)9-5-13(18)10(15)6-12(9)17/h2-6H,1H3. The fourth-order valence-electron chi connectivity index (χ4n) is 1.65. The molecule has 0 aliphatic rings. The fraction of sp³-hybridized carbons (Fsp3) is 0.0714. The number of ketones is 1. The fourth-order valence-corrected chi connectivity index (χ4v) is 2.28. The van der Waals surface area contributed by atoms with E-state index in [2.05, 4.69) is 15.9 Å². The van der Waals surface area contributed by atoms with Gasteiger partial charge in [-0.2, -0.15) is 0 Å². The van der Waals surface area contributed by atoms with E-state index in [4.69, 9.17) is 11.6 Å². The van der Waals surface area contributed by atoms with Crippen LogP contribution in [0.25, 0.3) is 0 Å². The Balaban J connectivity index is 2.53. The zero-order chi connectivity index (χ0) is 14.2. The number of carbonyl (C=O) groups excluding carboxylic acids is 1. The van der Waals surface area contributed by atoms with Gasteiger partial charge in [-0.15, -0.1) is 0 Å². The minimum Gasteiger partial charge on any atom is -0.288 e. The molecule has 2 rings (SSSR count). The summed E-state index contributed by atoms with van der Waals surface area (Å²) in [6.45, 7) is 1.82. The highest BCUT2D eigenvalue weighted by atomic mass is 79.9. The van der Waals surface area contributed by atoms with Crippen molar-refractivity contribution in [3.05, 3.63) is 68.2 Å². The van der Waals surface area contributed by atoms with E-state index in [-0.39, 0.29) is 20.6 Å². The molecule has 1 nitrogen and oxygen atoms in total. The van der Waals surface area contributed by atoms with Crippen LogP contribution in [0.4, 0.5) is 8.78 Å². The molecule has 0 saturated carbocycles. The van der Waals surface area contributed by atoms with E-state index in [9.17, 15) is 13.6 Å². The number of rotatable bonds is 2. The number of benzene rings is 2. The van der Waals surface area contributed by atoms with Gasteiger partial charge in [0.05, 0.1) is 15.1 Å². The Kier molecular flexibility index (Phi) is 4.02. The lowest BCUT2D eigenvalue weighted by molar-refractivity contribution is 0.103. The smallest absolute Gasteiger partial charge is 0.197 e. The van der Waals surface area contributed by atoms with Gasteiger partial charge in [-0.1, -0.05) is 17.7 Å². The molecule has 0 N–H and O–H groups in total. The van der Waals surface area contributed by atoms with Gasteiger partial charge in [0.15, 0.2) is 5.78 Å². The molecule has 5 heteroatoms. The molecular formula is C14H8BrClF2O. The molecule has 0 heterocycles. The predicted molar refractivity (Wildman–Crippen MR) is 73.7 cm³/mol. The Morgan fingerprint density at radius 1 is 1.11 bits per heavy atom. The molecule has 0 spiro atoms. The molecule has 0 amide bonds. The van der Waals surface area contributed by atoms with Gasteiger partial charge in [0.2, 0.25) is 0 Å². The highest BCUT2D eigenvalue weighted by Crippen LogP contribution is 2.25. The number of aryl methyl sites for hydroxylation is 1. The van der Waals surface area contributed by atoms with E-state index in [1.807, 2.05) is 6.92 Å². The van der Waals surface area contributed by atoms with Crippen molar-refractivity contribution in [2.75, 3.05) is 0 Å². The first kappa shape index (κ1) is 14.2. The van der Waals surface area contributed by atoms with Crippen LogP contribution >= 0.6 is 27.5 Å². The van der Waals surface area contributed by atoms with Crippen LogP contribution in [0.15, 0.2) is 34.8 Å². The lowest BCUT2D eigenvalue weighted by Gasteiger charge is -2.07. The van der Waals surface area contributed by atoms with E-state index in [1.165, 1.54) is 6.07 Å². The maximum atomic E-state index is 13.7. The minimum absolute atomic E-state index is 0.0310. The number of hydrogen-bond donors (Lipinski definition) is 0. The SMILES string of the molecule is Cc1ccc(C(=O)c2cc(F)c(Br)cc2F)c(Cl)c1. The minimum atomic E-state index is -0.796. The first-order valence-corrected chi connectivity index (χ1v) is 6.52. The zero-order valence-electron chi connectivity index (χ0n) is 9.81. The lowest BCUT2D eigenvalue weighted by atomic mass is 10.0. The molecule has 0 bridgehead atoms. The first-order chi connectivity index (χ1) is 8.90. The van der Waals surface area contributed by atoms with Crippen molar-refractivity contribution in [2.24, 2.45) is 0 Å². The summed E-state index contributed by atoms with van der Waals surface area (Å²) in [5.41, 5.74) is 0.684. The third kappa shape index (κ3) is 2.85. The van der Waals surface area contributed by atoms with Crippen LogP contribution < -0.4 is 0 Å². The van der Waals surface area contributed by atoms with Gasteiger partial charge in [-0.3, -0.25) is 4.79 Å². The van der Waals surface area contributed by atoms with E-state index >= 15 is 0 Å². The Bertz CT molecular complexity index is 671.